The Kier molecular flexibility index (Phi) is 5.42. The summed E-state index contributed by atoms with van der Waals surface area (Å²) in [6.07, 6.45) is 9.02. The number of hydrogen-bond donors (Lipinski definition) is 0. The van der Waals surface area contributed by atoms with Crippen molar-refractivity contribution in [3.05, 3.63) is 0 Å². The molecule has 2 aliphatic rings. The van der Waals surface area contributed by atoms with Crippen molar-refractivity contribution in [2.24, 2.45) is 11.8 Å². The van der Waals surface area contributed by atoms with Gasteiger partial charge in [0.05, 0.1) is 12.5 Å². The largest absolute Gasteiger partial charge is 0.347 e. The molecule has 4 nitrogen and oxygen atoms in total. The molecule has 1 saturated carbocycles. The minimum absolute atomic E-state index is 0.173. The Bertz CT molecular complexity index is 217. The van der Waals surface area contributed by atoms with Gasteiger partial charge in [0.1, 0.15) is 12.9 Å². The number of rotatable bonds is 3. The molecule has 0 spiro atoms. The second-order valence-corrected chi connectivity index (χ2v) is 4.98. The highest BCUT2D eigenvalue weighted by molar-refractivity contribution is 5.54. The molecule has 0 N–H and O–H groups in total. The second-order valence-electron chi connectivity index (χ2n) is 4.98. The van der Waals surface area contributed by atoms with Crippen LogP contribution in [0.3, 0.4) is 0 Å². The van der Waals surface area contributed by atoms with Crippen LogP contribution < -0.4 is 0 Å². The first kappa shape index (κ1) is 13.0. The monoisotopic (exact) mass is 242 g/mol. The van der Waals surface area contributed by atoms with Crippen molar-refractivity contribution in [3.63, 3.8) is 0 Å². The lowest BCUT2D eigenvalue weighted by Crippen LogP contribution is -2.38. The molecule has 2 fully saturated rings. The van der Waals surface area contributed by atoms with Gasteiger partial charge in [-0.3, -0.25) is 0 Å². The Hall–Kier alpha value is -0.450. The predicted octanol–water partition coefficient (Wildman–Crippen LogP) is 2.47. The molecule has 4 heteroatoms. The summed E-state index contributed by atoms with van der Waals surface area (Å²) < 4.78 is 5.48. The van der Waals surface area contributed by atoms with E-state index in [1.165, 1.54) is 32.1 Å². The van der Waals surface area contributed by atoms with E-state index in [2.05, 4.69) is 0 Å². The first-order chi connectivity index (χ1) is 8.42. The number of ether oxygens (including phenoxy) is 1. The zero-order valence-corrected chi connectivity index (χ0v) is 10.3. The van der Waals surface area contributed by atoms with Crippen molar-refractivity contribution in [2.75, 3.05) is 13.2 Å². The molecule has 17 heavy (non-hydrogen) atoms. The molecule has 0 aromatic carbocycles. The maximum Gasteiger partial charge on any atom is 0.201 e. The van der Waals surface area contributed by atoms with E-state index in [-0.39, 0.29) is 5.92 Å². The minimum Gasteiger partial charge on any atom is -0.347 e. The predicted molar refractivity (Wildman–Crippen MR) is 62.1 cm³/mol. The standard InChI is InChI=1S/C13H22O4/c14-10-12(13-15-8-9-16-17-13)11-6-4-2-1-3-5-7-11/h10-13H,1-9H2. The van der Waals surface area contributed by atoms with E-state index in [9.17, 15) is 4.79 Å². The van der Waals surface area contributed by atoms with Gasteiger partial charge in [-0.05, 0) is 18.8 Å². The molecule has 0 bridgehead atoms. The van der Waals surface area contributed by atoms with E-state index < -0.39 is 6.29 Å². The van der Waals surface area contributed by atoms with E-state index in [1.807, 2.05) is 0 Å². The molecule has 1 aliphatic heterocycles. The molecule has 0 aromatic rings. The van der Waals surface area contributed by atoms with Gasteiger partial charge in [-0.2, -0.15) is 0 Å². The number of carbonyl (C=O) groups excluding carboxylic acids is 1. The van der Waals surface area contributed by atoms with E-state index >= 15 is 0 Å². The van der Waals surface area contributed by atoms with Gasteiger partial charge in [0.15, 0.2) is 0 Å². The van der Waals surface area contributed by atoms with Crippen LogP contribution in [0.2, 0.25) is 0 Å². The molecule has 2 unspecified atom stereocenters. The van der Waals surface area contributed by atoms with Crippen LogP contribution in [0.15, 0.2) is 0 Å². The summed E-state index contributed by atoms with van der Waals surface area (Å²) in [6, 6.07) is 0. The highest BCUT2D eigenvalue weighted by atomic mass is 17.2. The lowest BCUT2D eigenvalue weighted by atomic mass is 9.82. The molecule has 0 aromatic heterocycles. The van der Waals surface area contributed by atoms with E-state index in [0.717, 1.165) is 19.1 Å². The number of carbonyl (C=O) groups is 1. The Balaban J connectivity index is 1.91. The summed E-state index contributed by atoms with van der Waals surface area (Å²) in [4.78, 5) is 21.3. The zero-order chi connectivity index (χ0) is 11.9. The van der Waals surface area contributed by atoms with Gasteiger partial charge < -0.3 is 9.53 Å². The van der Waals surface area contributed by atoms with Gasteiger partial charge >= 0.3 is 0 Å². The van der Waals surface area contributed by atoms with E-state index in [0.29, 0.717) is 19.1 Å². The van der Waals surface area contributed by atoms with E-state index in [1.54, 1.807) is 0 Å². The summed E-state index contributed by atoms with van der Waals surface area (Å²) in [5, 5.41) is 0. The molecule has 98 valence electrons. The Morgan fingerprint density at radius 2 is 1.71 bits per heavy atom. The Morgan fingerprint density at radius 3 is 2.29 bits per heavy atom. The van der Waals surface area contributed by atoms with Crippen LogP contribution in [0, 0.1) is 11.8 Å². The first-order valence-corrected chi connectivity index (χ1v) is 6.77. The fourth-order valence-corrected chi connectivity index (χ4v) is 2.79. The molecule has 1 heterocycles. The molecule has 1 saturated heterocycles. The molecule has 2 atom stereocenters. The third-order valence-electron chi connectivity index (χ3n) is 3.78. The summed E-state index contributed by atoms with van der Waals surface area (Å²) in [5.41, 5.74) is 0. The van der Waals surface area contributed by atoms with Crippen LogP contribution in [0.4, 0.5) is 0 Å². The first-order valence-electron chi connectivity index (χ1n) is 6.77. The fourth-order valence-electron chi connectivity index (χ4n) is 2.79. The van der Waals surface area contributed by atoms with Crippen molar-refractivity contribution in [3.8, 4) is 0 Å². The third-order valence-corrected chi connectivity index (χ3v) is 3.78. The summed E-state index contributed by atoms with van der Waals surface area (Å²) >= 11 is 0. The SMILES string of the molecule is O=CC(C1CCCCCCC1)C1OCCOO1. The average molecular weight is 242 g/mol. The second kappa shape index (κ2) is 7.09. The van der Waals surface area contributed by atoms with Gasteiger partial charge in [-0.1, -0.05) is 32.1 Å². The van der Waals surface area contributed by atoms with Crippen molar-refractivity contribution in [2.45, 2.75) is 51.2 Å². The van der Waals surface area contributed by atoms with Crippen LogP contribution in [-0.4, -0.2) is 25.8 Å². The van der Waals surface area contributed by atoms with Gasteiger partial charge in [0.2, 0.25) is 6.29 Å². The van der Waals surface area contributed by atoms with Crippen molar-refractivity contribution < 1.29 is 19.3 Å². The van der Waals surface area contributed by atoms with Gasteiger partial charge in [0.25, 0.3) is 0 Å². The zero-order valence-electron chi connectivity index (χ0n) is 10.3. The van der Waals surface area contributed by atoms with Crippen molar-refractivity contribution >= 4 is 6.29 Å². The maximum absolute atomic E-state index is 11.3. The fraction of sp³-hybridized carbons (Fsp3) is 0.923. The highest BCUT2D eigenvalue weighted by Gasteiger charge is 2.33. The normalized spacial score (nSPS) is 30.2. The van der Waals surface area contributed by atoms with Crippen molar-refractivity contribution in [1.82, 2.24) is 0 Å². The molecule has 1 aliphatic carbocycles. The third kappa shape index (κ3) is 3.76. The average Bonchev–Trinajstić information content (AvgIpc) is 2.34. The van der Waals surface area contributed by atoms with Crippen LogP contribution in [0.5, 0.6) is 0 Å². The summed E-state index contributed by atoms with van der Waals surface area (Å²) in [6.45, 7) is 0.967. The van der Waals surface area contributed by atoms with Gasteiger partial charge in [-0.25, -0.2) is 9.78 Å². The minimum atomic E-state index is -0.495. The van der Waals surface area contributed by atoms with Gasteiger partial charge in [-0.15, -0.1) is 0 Å². The van der Waals surface area contributed by atoms with Crippen LogP contribution in [0.25, 0.3) is 0 Å². The summed E-state index contributed by atoms with van der Waals surface area (Å²) in [7, 11) is 0. The Labute approximate surface area is 103 Å². The topological polar surface area (TPSA) is 44.8 Å². The number of hydrogen-bond acceptors (Lipinski definition) is 4. The molecule has 0 amide bonds. The Morgan fingerprint density at radius 1 is 1.00 bits per heavy atom. The molecular weight excluding hydrogens is 220 g/mol. The van der Waals surface area contributed by atoms with E-state index in [4.69, 9.17) is 14.5 Å². The summed E-state index contributed by atoms with van der Waals surface area (Å²) in [5.74, 6) is 0.216. The number of aldehydes is 1. The quantitative estimate of drug-likeness (QED) is 0.563. The molecular formula is C13H22O4. The van der Waals surface area contributed by atoms with Crippen LogP contribution in [0.1, 0.15) is 44.9 Å². The van der Waals surface area contributed by atoms with Crippen molar-refractivity contribution in [1.29, 1.82) is 0 Å². The molecule has 0 radical (unpaired) electrons. The highest BCUT2D eigenvalue weighted by Crippen LogP contribution is 2.31. The van der Waals surface area contributed by atoms with Crippen LogP contribution >= 0.6 is 0 Å². The smallest absolute Gasteiger partial charge is 0.201 e. The maximum atomic E-state index is 11.3. The lowest BCUT2D eigenvalue weighted by Gasteiger charge is -2.32. The lowest BCUT2D eigenvalue weighted by molar-refractivity contribution is -0.425. The molecule has 2 rings (SSSR count). The van der Waals surface area contributed by atoms with Gasteiger partial charge in [0, 0.05) is 0 Å². The van der Waals surface area contributed by atoms with Crippen LogP contribution in [-0.2, 0) is 19.3 Å².